The number of nitrogens with zero attached hydrogens (tertiary/aromatic N) is 1. The van der Waals surface area contributed by atoms with E-state index in [1.165, 1.54) is 4.31 Å². The Bertz CT molecular complexity index is 559. The zero-order chi connectivity index (χ0) is 15.6. The molecule has 1 aliphatic heterocycles. The maximum atomic E-state index is 12.5. The Morgan fingerprint density at radius 2 is 1.90 bits per heavy atom. The Labute approximate surface area is 127 Å². The molecule has 21 heavy (non-hydrogen) atoms. The van der Waals surface area contributed by atoms with Gasteiger partial charge in [0.2, 0.25) is 10.0 Å². The number of sulfonamides is 1. The first kappa shape index (κ1) is 16.3. The lowest BCUT2D eigenvalue weighted by atomic mass is 10.1. The summed E-state index contributed by atoms with van der Waals surface area (Å²) < 4.78 is 32.1. The molecule has 5 nitrogen and oxygen atoms in total. The standard InChI is InChI=1S/C15H24N2O3S/c1-11(2)10-20-13-4-6-14(7-5-13)21(18,19)17-8-12(3)15(16)9-17/h4-7,11-12,15H,8-10,16H2,1-3H3. The van der Waals surface area contributed by atoms with Crippen molar-refractivity contribution in [2.45, 2.75) is 31.7 Å². The van der Waals surface area contributed by atoms with Gasteiger partial charge >= 0.3 is 0 Å². The molecule has 1 fully saturated rings. The average molecular weight is 312 g/mol. The Morgan fingerprint density at radius 3 is 2.38 bits per heavy atom. The summed E-state index contributed by atoms with van der Waals surface area (Å²) in [4.78, 5) is 0.292. The fourth-order valence-corrected chi connectivity index (χ4v) is 3.84. The smallest absolute Gasteiger partial charge is 0.243 e. The van der Waals surface area contributed by atoms with E-state index >= 15 is 0 Å². The maximum Gasteiger partial charge on any atom is 0.243 e. The molecule has 0 radical (unpaired) electrons. The van der Waals surface area contributed by atoms with E-state index < -0.39 is 10.0 Å². The summed E-state index contributed by atoms with van der Waals surface area (Å²) >= 11 is 0. The largest absolute Gasteiger partial charge is 0.493 e. The Hall–Kier alpha value is -1.11. The van der Waals surface area contributed by atoms with Crippen LogP contribution in [0.1, 0.15) is 20.8 Å². The predicted octanol–water partition coefficient (Wildman–Crippen LogP) is 1.69. The van der Waals surface area contributed by atoms with Gasteiger partial charge in [-0.25, -0.2) is 8.42 Å². The number of ether oxygens (including phenoxy) is 1. The molecule has 1 aromatic carbocycles. The van der Waals surface area contributed by atoms with Gasteiger partial charge in [0, 0.05) is 19.1 Å². The van der Waals surface area contributed by atoms with Crippen molar-refractivity contribution in [1.82, 2.24) is 4.31 Å². The molecule has 0 bridgehead atoms. The number of nitrogens with two attached hydrogens (primary N) is 1. The van der Waals surface area contributed by atoms with Crippen LogP contribution in [0.4, 0.5) is 0 Å². The van der Waals surface area contributed by atoms with Gasteiger partial charge < -0.3 is 10.5 Å². The van der Waals surface area contributed by atoms with Crippen molar-refractivity contribution < 1.29 is 13.2 Å². The van der Waals surface area contributed by atoms with Crippen molar-refractivity contribution >= 4 is 10.0 Å². The Kier molecular flexibility index (Phi) is 4.91. The third-order valence-corrected chi connectivity index (χ3v) is 5.53. The summed E-state index contributed by atoms with van der Waals surface area (Å²) in [5, 5.41) is 0. The van der Waals surface area contributed by atoms with E-state index in [-0.39, 0.29) is 12.0 Å². The van der Waals surface area contributed by atoms with Gasteiger partial charge in [-0.3, -0.25) is 0 Å². The van der Waals surface area contributed by atoms with Crippen molar-refractivity contribution in [1.29, 1.82) is 0 Å². The van der Waals surface area contributed by atoms with Crippen molar-refractivity contribution in [3.8, 4) is 5.75 Å². The molecule has 6 heteroatoms. The molecule has 0 amide bonds. The van der Waals surface area contributed by atoms with Crippen LogP contribution < -0.4 is 10.5 Å². The quantitative estimate of drug-likeness (QED) is 0.898. The molecule has 2 N–H and O–H groups in total. The zero-order valence-electron chi connectivity index (χ0n) is 12.8. The highest BCUT2D eigenvalue weighted by molar-refractivity contribution is 7.89. The van der Waals surface area contributed by atoms with E-state index in [0.29, 0.717) is 36.3 Å². The van der Waals surface area contributed by atoms with Crippen LogP contribution in [0.25, 0.3) is 0 Å². The lowest BCUT2D eigenvalue weighted by molar-refractivity contribution is 0.271. The molecular formula is C15H24N2O3S. The lowest BCUT2D eigenvalue weighted by Crippen LogP contribution is -2.32. The van der Waals surface area contributed by atoms with Crippen molar-refractivity contribution in [3.63, 3.8) is 0 Å². The molecule has 0 aliphatic carbocycles. The summed E-state index contributed by atoms with van der Waals surface area (Å²) in [6, 6.07) is 6.51. The van der Waals surface area contributed by atoms with Crippen LogP contribution >= 0.6 is 0 Å². The summed E-state index contributed by atoms with van der Waals surface area (Å²) in [5.74, 6) is 1.31. The molecule has 0 saturated carbocycles. The summed E-state index contributed by atoms with van der Waals surface area (Å²) in [6.45, 7) is 7.59. The van der Waals surface area contributed by atoms with Crippen LogP contribution in [0.15, 0.2) is 29.2 Å². The molecule has 1 aromatic rings. The van der Waals surface area contributed by atoms with E-state index in [0.717, 1.165) is 0 Å². The molecule has 118 valence electrons. The van der Waals surface area contributed by atoms with E-state index in [9.17, 15) is 8.42 Å². The highest BCUT2D eigenvalue weighted by atomic mass is 32.2. The van der Waals surface area contributed by atoms with Gasteiger partial charge in [-0.2, -0.15) is 4.31 Å². The Morgan fingerprint density at radius 1 is 1.29 bits per heavy atom. The van der Waals surface area contributed by atoms with Crippen LogP contribution in [0.5, 0.6) is 5.75 Å². The predicted molar refractivity (Wildman–Crippen MR) is 82.7 cm³/mol. The van der Waals surface area contributed by atoms with Crippen LogP contribution in [0.3, 0.4) is 0 Å². The monoisotopic (exact) mass is 312 g/mol. The molecular weight excluding hydrogens is 288 g/mol. The second kappa shape index (κ2) is 6.34. The number of hydrogen-bond donors (Lipinski definition) is 1. The fourth-order valence-electron chi connectivity index (χ4n) is 2.26. The van der Waals surface area contributed by atoms with E-state index in [4.69, 9.17) is 10.5 Å². The summed E-state index contributed by atoms with van der Waals surface area (Å²) in [5.41, 5.74) is 5.91. The molecule has 0 aromatic heterocycles. The maximum absolute atomic E-state index is 12.5. The topological polar surface area (TPSA) is 72.6 Å². The second-order valence-electron chi connectivity index (χ2n) is 6.14. The van der Waals surface area contributed by atoms with Gasteiger partial charge in [0.25, 0.3) is 0 Å². The molecule has 1 heterocycles. The minimum atomic E-state index is -3.45. The van der Waals surface area contributed by atoms with E-state index in [1.54, 1.807) is 24.3 Å². The SMILES string of the molecule is CC(C)COc1ccc(S(=O)(=O)N2CC(C)C(N)C2)cc1. The molecule has 0 spiro atoms. The molecule has 2 atom stereocenters. The van der Waals surface area contributed by atoms with Gasteiger partial charge in [-0.05, 0) is 36.1 Å². The van der Waals surface area contributed by atoms with Gasteiger partial charge in [-0.1, -0.05) is 20.8 Å². The summed E-state index contributed by atoms with van der Waals surface area (Å²) in [6.07, 6.45) is 0. The van der Waals surface area contributed by atoms with Gasteiger partial charge in [0.05, 0.1) is 11.5 Å². The Balaban J connectivity index is 2.10. The minimum absolute atomic E-state index is 0.0894. The van der Waals surface area contributed by atoms with Crippen LogP contribution in [-0.2, 0) is 10.0 Å². The first-order valence-electron chi connectivity index (χ1n) is 7.29. The lowest BCUT2D eigenvalue weighted by Gasteiger charge is -2.16. The van der Waals surface area contributed by atoms with Crippen molar-refractivity contribution in [2.24, 2.45) is 17.6 Å². The summed E-state index contributed by atoms with van der Waals surface area (Å²) in [7, 11) is -3.45. The molecule has 2 rings (SSSR count). The number of hydrogen-bond acceptors (Lipinski definition) is 4. The highest BCUT2D eigenvalue weighted by Gasteiger charge is 2.35. The van der Waals surface area contributed by atoms with Crippen LogP contribution in [0.2, 0.25) is 0 Å². The zero-order valence-corrected chi connectivity index (χ0v) is 13.6. The van der Waals surface area contributed by atoms with Crippen LogP contribution in [0, 0.1) is 11.8 Å². The molecule has 1 aliphatic rings. The van der Waals surface area contributed by atoms with Gasteiger partial charge in [0.1, 0.15) is 5.75 Å². The third kappa shape index (κ3) is 3.75. The molecule has 2 unspecified atom stereocenters. The molecule has 1 saturated heterocycles. The second-order valence-corrected chi connectivity index (χ2v) is 8.08. The normalized spacial score (nSPS) is 23.7. The third-order valence-electron chi connectivity index (χ3n) is 3.68. The average Bonchev–Trinajstić information content (AvgIpc) is 2.77. The first-order chi connectivity index (χ1) is 9.80. The van der Waals surface area contributed by atoms with E-state index in [1.807, 2.05) is 6.92 Å². The van der Waals surface area contributed by atoms with Crippen molar-refractivity contribution in [3.05, 3.63) is 24.3 Å². The highest BCUT2D eigenvalue weighted by Crippen LogP contribution is 2.25. The number of rotatable bonds is 5. The van der Waals surface area contributed by atoms with Crippen molar-refractivity contribution in [2.75, 3.05) is 19.7 Å². The van der Waals surface area contributed by atoms with E-state index in [2.05, 4.69) is 13.8 Å². The minimum Gasteiger partial charge on any atom is -0.493 e. The number of benzene rings is 1. The van der Waals surface area contributed by atoms with Crippen LogP contribution in [-0.4, -0.2) is 38.5 Å². The van der Waals surface area contributed by atoms with Gasteiger partial charge in [-0.15, -0.1) is 0 Å². The van der Waals surface area contributed by atoms with Gasteiger partial charge in [0.15, 0.2) is 0 Å². The first-order valence-corrected chi connectivity index (χ1v) is 8.73. The fraction of sp³-hybridized carbons (Fsp3) is 0.600.